The number of carbonyl (C=O) groups excluding carboxylic acids is 3. The van der Waals surface area contributed by atoms with Crippen molar-refractivity contribution in [2.75, 3.05) is 26.4 Å². The summed E-state index contributed by atoms with van der Waals surface area (Å²) in [6.45, 7) is 4.66. The summed E-state index contributed by atoms with van der Waals surface area (Å²) in [7, 11) is -4.74. The zero-order chi connectivity index (χ0) is 52.7. The molecule has 0 radical (unpaired) electrons. The smallest absolute Gasteiger partial charge is 0.462 e. The number of hydrogen-bond donors (Lipinski definition) is 2. The molecule has 0 rings (SSSR count). The Labute approximate surface area is 442 Å². The normalized spacial score (nSPS) is 13.5. The minimum Gasteiger partial charge on any atom is -0.462 e. The molecule has 0 bridgehead atoms. The molecule has 0 aliphatic rings. The summed E-state index contributed by atoms with van der Waals surface area (Å²) in [5, 5.41) is 9.80. The van der Waals surface area contributed by atoms with E-state index in [9.17, 15) is 28.9 Å². The topological polar surface area (TPSA) is 155 Å². The number of phosphoric acid groups is 1. The van der Waals surface area contributed by atoms with Gasteiger partial charge in [-0.15, -0.1) is 0 Å². The molecule has 0 aromatic heterocycles. The molecule has 0 spiro atoms. The molecule has 0 amide bonds. The van der Waals surface area contributed by atoms with Gasteiger partial charge < -0.3 is 24.2 Å². The van der Waals surface area contributed by atoms with Gasteiger partial charge in [0.05, 0.1) is 19.8 Å². The van der Waals surface area contributed by atoms with Crippen LogP contribution in [0, 0.1) is 0 Å². The van der Waals surface area contributed by atoms with E-state index in [1.165, 1.54) is 173 Å². The Morgan fingerprint density at radius 3 is 1.06 bits per heavy atom. The van der Waals surface area contributed by atoms with Crippen LogP contribution in [0.15, 0.2) is 24.3 Å². The fourth-order valence-corrected chi connectivity index (χ4v) is 9.53. The quantitative estimate of drug-likeness (QED) is 0.0197. The van der Waals surface area contributed by atoms with E-state index in [0.717, 1.165) is 70.6 Å². The number of aliphatic hydroxyl groups excluding tert-OH is 1. The van der Waals surface area contributed by atoms with Crippen LogP contribution < -0.4 is 0 Å². The second kappa shape index (κ2) is 55.2. The maximum atomic E-state index is 12.9. The van der Waals surface area contributed by atoms with Gasteiger partial charge in [-0.05, 0) is 51.4 Å². The van der Waals surface area contributed by atoms with E-state index in [1.807, 2.05) is 0 Å². The van der Waals surface area contributed by atoms with E-state index >= 15 is 0 Å². The van der Waals surface area contributed by atoms with E-state index in [-0.39, 0.29) is 25.9 Å². The van der Waals surface area contributed by atoms with Crippen LogP contribution in [0.5, 0.6) is 0 Å². The Hall–Kier alpha value is -2.04. The lowest BCUT2D eigenvalue weighted by molar-refractivity contribution is -0.161. The molecule has 0 fully saturated rings. The van der Waals surface area contributed by atoms with Crippen LogP contribution in [0.1, 0.15) is 303 Å². The lowest BCUT2D eigenvalue weighted by Crippen LogP contribution is -2.30. The van der Waals surface area contributed by atoms with Gasteiger partial charge in [0.15, 0.2) is 6.10 Å². The predicted molar refractivity (Wildman–Crippen MR) is 298 cm³/mol. The first-order valence-corrected chi connectivity index (χ1v) is 31.7. The second-order valence-corrected chi connectivity index (χ2v) is 22.0. The molecule has 0 aliphatic carbocycles. The lowest BCUT2D eigenvalue weighted by Gasteiger charge is -2.21. The Kier molecular flexibility index (Phi) is 53.6. The number of rotatable bonds is 57. The molecule has 72 heavy (non-hydrogen) atoms. The molecule has 0 saturated heterocycles. The average Bonchev–Trinajstić information content (AvgIpc) is 3.37. The number of phosphoric ester groups is 1. The van der Waals surface area contributed by atoms with Gasteiger partial charge in [0, 0.05) is 19.3 Å². The lowest BCUT2D eigenvalue weighted by atomic mass is 10.0. The molecule has 0 heterocycles. The van der Waals surface area contributed by atoms with Crippen LogP contribution in [0.25, 0.3) is 0 Å². The van der Waals surface area contributed by atoms with Crippen LogP contribution in [0.3, 0.4) is 0 Å². The van der Waals surface area contributed by atoms with E-state index in [1.54, 1.807) is 0 Å². The molecule has 3 unspecified atom stereocenters. The summed E-state index contributed by atoms with van der Waals surface area (Å²) in [4.78, 5) is 48.6. The third kappa shape index (κ3) is 52.8. The van der Waals surface area contributed by atoms with Crippen molar-refractivity contribution in [1.29, 1.82) is 0 Å². The molecule has 0 aromatic carbocycles. The van der Waals surface area contributed by atoms with Crippen molar-refractivity contribution >= 4 is 25.7 Å². The van der Waals surface area contributed by atoms with Gasteiger partial charge in [-0.1, -0.05) is 257 Å². The highest BCUT2D eigenvalue weighted by atomic mass is 31.2. The molecule has 0 aromatic rings. The maximum Gasteiger partial charge on any atom is 0.472 e. The molecule has 0 aliphatic heterocycles. The van der Waals surface area contributed by atoms with E-state index in [0.29, 0.717) is 19.3 Å². The van der Waals surface area contributed by atoms with Gasteiger partial charge in [-0.3, -0.25) is 23.4 Å². The first-order chi connectivity index (χ1) is 35.2. The van der Waals surface area contributed by atoms with Gasteiger partial charge in [0.2, 0.25) is 0 Å². The first kappa shape index (κ1) is 70.0. The average molecular weight is 1040 g/mol. The summed E-state index contributed by atoms with van der Waals surface area (Å²) >= 11 is 0. The monoisotopic (exact) mass is 1040 g/mol. The van der Waals surface area contributed by atoms with Gasteiger partial charge in [-0.25, -0.2) is 4.57 Å². The number of allylic oxidation sites excluding steroid dienone is 4. The molecule has 3 atom stereocenters. The summed E-state index contributed by atoms with van der Waals surface area (Å²) < 4.78 is 39.6. The molecule has 424 valence electrons. The highest BCUT2D eigenvalue weighted by molar-refractivity contribution is 7.47. The summed E-state index contributed by atoms with van der Waals surface area (Å²) in [6.07, 6.45) is 55.6. The van der Waals surface area contributed by atoms with Gasteiger partial charge in [-0.2, -0.15) is 0 Å². The van der Waals surface area contributed by atoms with Gasteiger partial charge >= 0.3 is 25.7 Å². The minimum absolute atomic E-state index is 0.173. The highest BCUT2D eigenvalue weighted by Gasteiger charge is 2.28. The minimum atomic E-state index is -4.74. The number of ether oxygens (including phenoxy) is 3. The Bertz CT molecular complexity index is 1310. The Morgan fingerprint density at radius 2 is 0.681 bits per heavy atom. The van der Waals surface area contributed by atoms with Crippen molar-refractivity contribution < 1.29 is 52.2 Å². The second-order valence-electron chi connectivity index (χ2n) is 20.5. The molecule has 2 N–H and O–H groups in total. The molecular formula is C60H113O11P. The molecule has 0 saturated carbocycles. The van der Waals surface area contributed by atoms with Crippen molar-refractivity contribution in [1.82, 2.24) is 0 Å². The molecular weight excluding hydrogens is 928 g/mol. The number of hydrogen-bond acceptors (Lipinski definition) is 10. The van der Waals surface area contributed by atoms with Gasteiger partial charge in [0.1, 0.15) is 12.7 Å². The zero-order valence-corrected chi connectivity index (χ0v) is 47.8. The summed E-state index contributed by atoms with van der Waals surface area (Å²) in [5.41, 5.74) is 0. The van der Waals surface area contributed by atoms with E-state index in [4.69, 9.17) is 23.3 Å². The number of carbonyl (C=O) groups is 3. The Balaban J connectivity index is 4.68. The highest BCUT2D eigenvalue weighted by Crippen LogP contribution is 2.43. The van der Waals surface area contributed by atoms with Crippen molar-refractivity contribution in [3.05, 3.63) is 24.3 Å². The fraction of sp³-hybridized carbons (Fsp3) is 0.883. The van der Waals surface area contributed by atoms with Crippen molar-refractivity contribution in [2.45, 2.75) is 315 Å². The van der Waals surface area contributed by atoms with Crippen LogP contribution in [0.4, 0.5) is 0 Å². The van der Waals surface area contributed by atoms with Gasteiger partial charge in [0.25, 0.3) is 0 Å². The van der Waals surface area contributed by atoms with Crippen LogP contribution in [-0.4, -0.2) is 66.5 Å². The maximum absolute atomic E-state index is 12.9. The number of aliphatic hydroxyl groups is 1. The zero-order valence-electron chi connectivity index (χ0n) is 46.9. The third-order valence-electron chi connectivity index (χ3n) is 13.4. The largest absolute Gasteiger partial charge is 0.472 e. The molecule has 12 heteroatoms. The predicted octanol–water partition coefficient (Wildman–Crippen LogP) is 17.8. The van der Waals surface area contributed by atoms with Crippen molar-refractivity contribution in [3.8, 4) is 0 Å². The fourth-order valence-electron chi connectivity index (χ4n) is 8.74. The third-order valence-corrected chi connectivity index (χ3v) is 14.3. The van der Waals surface area contributed by atoms with Crippen molar-refractivity contribution in [3.63, 3.8) is 0 Å². The number of esters is 3. The summed E-state index contributed by atoms with van der Waals surface area (Å²) in [6, 6.07) is 0. The SMILES string of the molecule is CCCCC/C=C\C/C=C\CCCCCCCCCC(=O)OCC(COP(=O)(O)OCC(CO)OC(=O)CCCCCCCCCCCCC)OC(=O)CCCCCCCCCCCCCCCCCCC. The number of unbranched alkanes of at least 4 members (excludes halogenated alkanes) is 36. The van der Waals surface area contributed by atoms with Crippen molar-refractivity contribution in [2.24, 2.45) is 0 Å². The van der Waals surface area contributed by atoms with E-state index in [2.05, 4.69) is 45.1 Å². The van der Waals surface area contributed by atoms with E-state index < -0.39 is 57.8 Å². The standard InChI is InChI=1S/C60H113O11P/c1-4-7-10-13-16-19-22-24-26-28-30-32-35-37-40-43-46-49-58(62)67-53-57(71-60(64)51-48-45-42-39-36-33-31-29-27-25-23-20-17-14-11-8-5-2)55-69-72(65,66)68-54-56(52-61)70-59(63)50-47-44-41-38-34-21-18-15-12-9-6-3/h16,19,24,26,56-57,61H,4-15,17-18,20-23,25,27-55H2,1-3H3,(H,65,66)/b19-16-,26-24-. The van der Waals surface area contributed by atoms with Crippen LogP contribution in [0.2, 0.25) is 0 Å². The van der Waals surface area contributed by atoms with Crippen LogP contribution >= 0.6 is 7.82 Å². The Morgan fingerprint density at radius 1 is 0.389 bits per heavy atom. The van der Waals surface area contributed by atoms with Crippen LogP contribution in [-0.2, 0) is 42.2 Å². The summed E-state index contributed by atoms with van der Waals surface area (Å²) in [5.74, 6) is -1.45. The first-order valence-electron chi connectivity index (χ1n) is 30.2. The molecule has 11 nitrogen and oxygen atoms in total.